The van der Waals surface area contributed by atoms with E-state index in [1.165, 1.54) is 0 Å². The molecule has 0 bridgehead atoms. The second-order valence-electron chi connectivity index (χ2n) is 8.64. The van der Waals surface area contributed by atoms with E-state index in [0.29, 0.717) is 33.0 Å². The van der Waals surface area contributed by atoms with Crippen LogP contribution in [0.3, 0.4) is 0 Å². The normalized spacial score (nSPS) is 23.9. The molecule has 0 radical (unpaired) electrons. The van der Waals surface area contributed by atoms with E-state index in [9.17, 15) is 0 Å². The minimum atomic E-state index is -0.409. The fraction of sp³-hybridized carbons (Fsp3) is 0.333. The highest BCUT2D eigenvalue weighted by molar-refractivity contribution is 9.09. The van der Waals surface area contributed by atoms with Crippen LogP contribution >= 0.6 is 15.9 Å². The molecule has 0 N–H and O–H groups in total. The lowest BCUT2D eigenvalue weighted by atomic mass is 9.99. The molecule has 3 aromatic rings. The second kappa shape index (κ2) is 14.4. The monoisotopic (exact) mass is 552 g/mol. The molecule has 5 nitrogen and oxygen atoms in total. The van der Waals surface area contributed by atoms with Crippen molar-refractivity contribution in [2.45, 2.75) is 49.2 Å². The van der Waals surface area contributed by atoms with Crippen LogP contribution in [0.25, 0.3) is 0 Å². The second-order valence-corrected chi connectivity index (χ2v) is 9.54. The van der Waals surface area contributed by atoms with Crippen LogP contribution in [-0.2, 0) is 43.5 Å². The van der Waals surface area contributed by atoms with Gasteiger partial charge >= 0.3 is 0 Å². The molecule has 0 aromatic heterocycles. The number of halogens is 1. The molecule has 36 heavy (non-hydrogen) atoms. The third kappa shape index (κ3) is 7.84. The van der Waals surface area contributed by atoms with Crippen LogP contribution < -0.4 is 0 Å². The summed E-state index contributed by atoms with van der Waals surface area (Å²) in [5.74, 6) is 0. The summed E-state index contributed by atoms with van der Waals surface area (Å²) in [6, 6.07) is 30.3. The molecule has 1 unspecified atom stereocenters. The maximum absolute atomic E-state index is 6.50. The van der Waals surface area contributed by atoms with Gasteiger partial charge in [0.15, 0.2) is 0 Å². The largest absolute Gasteiger partial charge is 0.374 e. The Morgan fingerprint density at radius 1 is 0.667 bits per heavy atom. The third-order valence-electron chi connectivity index (χ3n) is 5.95. The molecule has 5 atom stereocenters. The molecular weight excluding hydrogens is 520 g/mol. The standard InChI is InChI=1S/C30H33BrO5/c1-2-18-33-29-28(35-21-25-16-10-5-11-17-25)27(34-20-24-14-8-4-9-15-24)26(36-30(29)31)22-32-19-23-12-6-3-7-13-23/h2-17,26-30H,1,18-22H2/t26-,27-,28+,29-,30?/m1/s1. The fourth-order valence-corrected chi connectivity index (χ4v) is 4.88. The zero-order valence-corrected chi connectivity index (χ0v) is 21.9. The lowest BCUT2D eigenvalue weighted by Crippen LogP contribution is -2.59. The van der Waals surface area contributed by atoms with Gasteiger partial charge in [-0.2, -0.15) is 0 Å². The van der Waals surface area contributed by atoms with E-state index in [4.69, 9.17) is 23.7 Å². The van der Waals surface area contributed by atoms with E-state index in [2.05, 4.69) is 22.5 Å². The van der Waals surface area contributed by atoms with E-state index in [1.54, 1.807) is 6.08 Å². The highest BCUT2D eigenvalue weighted by Gasteiger charge is 2.47. The first-order valence-electron chi connectivity index (χ1n) is 12.2. The molecule has 6 heteroatoms. The highest BCUT2D eigenvalue weighted by atomic mass is 79.9. The van der Waals surface area contributed by atoms with Crippen LogP contribution in [0.5, 0.6) is 0 Å². The lowest BCUT2D eigenvalue weighted by molar-refractivity contribution is -0.249. The number of rotatable bonds is 13. The SMILES string of the molecule is C=CCO[C@H]1C(Br)O[C@H](COCc2ccccc2)[C@@H](OCc2ccccc2)[C@@H]1OCc1ccccc1. The van der Waals surface area contributed by atoms with E-state index in [0.717, 1.165) is 16.7 Å². The average Bonchev–Trinajstić information content (AvgIpc) is 2.92. The Morgan fingerprint density at radius 3 is 1.69 bits per heavy atom. The summed E-state index contributed by atoms with van der Waals surface area (Å²) >= 11 is 3.68. The number of hydrogen-bond donors (Lipinski definition) is 0. The summed E-state index contributed by atoms with van der Waals surface area (Å²) in [5, 5.41) is -0.389. The lowest BCUT2D eigenvalue weighted by Gasteiger charge is -2.44. The van der Waals surface area contributed by atoms with Gasteiger partial charge in [-0.15, -0.1) is 6.58 Å². The average molecular weight is 553 g/mol. The molecule has 0 aliphatic carbocycles. The maximum atomic E-state index is 6.50. The van der Waals surface area contributed by atoms with Crippen molar-refractivity contribution in [3.8, 4) is 0 Å². The van der Waals surface area contributed by atoms with Gasteiger partial charge in [0.1, 0.15) is 29.4 Å². The van der Waals surface area contributed by atoms with Crippen LogP contribution in [0, 0.1) is 0 Å². The Morgan fingerprint density at radius 2 is 1.17 bits per heavy atom. The number of alkyl halides is 1. The van der Waals surface area contributed by atoms with Crippen LogP contribution in [0.2, 0.25) is 0 Å². The van der Waals surface area contributed by atoms with Crippen molar-refractivity contribution >= 4 is 15.9 Å². The highest BCUT2D eigenvalue weighted by Crippen LogP contribution is 2.32. The Kier molecular flexibility index (Phi) is 10.7. The Bertz CT molecular complexity index is 1020. The fourth-order valence-electron chi connectivity index (χ4n) is 4.15. The molecule has 4 rings (SSSR count). The smallest absolute Gasteiger partial charge is 0.141 e. The molecule has 0 saturated carbocycles. The van der Waals surface area contributed by atoms with Crippen molar-refractivity contribution in [3.63, 3.8) is 0 Å². The minimum absolute atomic E-state index is 0.355. The summed E-state index contributed by atoms with van der Waals surface area (Å²) in [5.41, 5.74) is 3.26. The van der Waals surface area contributed by atoms with Gasteiger partial charge in [-0.1, -0.05) is 113 Å². The molecule has 190 valence electrons. The van der Waals surface area contributed by atoms with Gasteiger partial charge in [-0.3, -0.25) is 0 Å². The molecule has 0 amide bonds. The van der Waals surface area contributed by atoms with Gasteiger partial charge in [-0.05, 0) is 16.7 Å². The summed E-state index contributed by atoms with van der Waals surface area (Å²) in [6.45, 7) is 5.88. The quantitative estimate of drug-likeness (QED) is 0.190. The minimum Gasteiger partial charge on any atom is -0.374 e. The summed E-state index contributed by atoms with van der Waals surface area (Å²) in [4.78, 5) is 0. The Labute approximate surface area is 222 Å². The van der Waals surface area contributed by atoms with E-state index < -0.39 is 18.3 Å². The molecule has 1 fully saturated rings. The van der Waals surface area contributed by atoms with Crippen LogP contribution in [0.1, 0.15) is 16.7 Å². The first-order chi connectivity index (χ1) is 17.7. The first kappa shape index (κ1) is 26.7. The Balaban J connectivity index is 1.52. The molecule has 0 spiro atoms. The van der Waals surface area contributed by atoms with Gasteiger partial charge in [0.2, 0.25) is 0 Å². The Hall–Kier alpha value is -2.32. The summed E-state index contributed by atoms with van der Waals surface area (Å²) < 4.78 is 31.5. The van der Waals surface area contributed by atoms with Crippen molar-refractivity contribution in [2.24, 2.45) is 0 Å². The van der Waals surface area contributed by atoms with Gasteiger partial charge < -0.3 is 23.7 Å². The van der Waals surface area contributed by atoms with Crippen molar-refractivity contribution in [1.82, 2.24) is 0 Å². The van der Waals surface area contributed by atoms with Crippen molar-refractivity contribution in [3.05, 3.63) is 120 Å². The van der Waals surface area contributed by atoms with Crippen molar-refractivity contribution < 1.29 is 23.7 Å². The molecular formula is C30H33BrO5. The number of ether oxygens (including phenoxy) is 5. The molecule has 3 aromatic carbocycles. The van der Waals surface area contributed by atoms with Gasteiger partial charge in [0.05, 0.1) is 33.0 Å². The molecule has 1 aliphatic rings. The van der Waals surface area contributed by atoms with Crippen LogP contribution in [0.4, 0.5) is 0 Å². The van der Waals surface area contributed by atoms with Crippen LogP contribution in [-0.4, -0.2) is 42.6 Å². The van der Waals surface area contributed by atoms with E-state index >= 15 is 0 Å². The van der Waals surface area contributed by atoms with Gasteiger partial charge in [-0.25, -0.2) is 0 Å². The van der Waals surface area contributed by atoms with E-state index in [1.807, 2.05) is 91.0 Å². The molecule has 1 saturated heterocycles. The topological polar surface area (TPSA) is 46.2 Å². The van der Waals surface area contributed by atoms with Gasteiger partial charge in [0, 0.05) is 0 Å². The predicted octanol–water partition coefficient (Wildman–Crippen LogP) is 6.07. The predicted molar refractivity (Wildman–Crippen MR) is 144 cm³/mol. The molecule has 1 aliphatic heterocycles. The van der Waals surface area contributed by atoms with Gasteiger partial charge in [0.25, 0.3) is 0 Å². The van der Waals surface area contributed by atoms with Crippen molar-refractivity contribution in [2.75, 3.05) is 13.2 Å². The maximum Gasteiger partial charge on any atom is 0.141 e. The summed E-state index contributed by atoms with van der Waals surface area (Å²) in [7, 11) is 0. The first-order valence-corrected chi connectivity index (χ1v) is 13.1. The molecule has 1 heterocycles. The summed E-state index contributed by atoms with van der Waals surface area (Å²) in [6.07, 6.45) is 0.178. The van der Waals surface area contributed by atoms with Crippen LogP contribution in [0.15, 0.2) is 104 Å². The van der Waals surface area contributed by atoms with Crippen molar-refractivity contribution in [1.29, 1.82) is 0 Å². The number of benzene rings is 3. The van der Waals surface area contributed by atoms with E-state index in [-0.39, 0.29) is 11.1 Å². The third-order valence-corrected chi connectivity index (χ3v) is 6.68. The number of hydrogen-bond acceptors (Lipinski definition) is 5. The zero-order chi connectivity index (χ0) is 25.0. The zero-order valence-electron chi connectivity index (χ0n) is 20.3.